The van der Waals surface area contributed by atoms with E-state index in [1.807, 2.05) is 0 Å². The Kier molecular flexibility index (Phi) is 4.87. The summed E-state index contributed by atoms with van der Waals surface area (Å²) in [5.74, 6) is 1.00. The number of piperidine rings is 1. The van der Waals surface area contributed by atoms with Crippen molar-refractivity contribution in [2.24, 2.45) is 11.3 Å². The second kappa shape index (κ2) is 6.19. The van der Waals surface area contributed by atoms with E-state index in [1.165, 1.54) is 71.2 Å². The predicted molar refractivity (Wildman–Crippen MR) is 74.3 cm³/mol. The quantitative estimate of drug-likeness (QED) is 0.813. The third kappa shape index (κ3) is 3.96. The fraction of sp³-hybridized carbons (Fsp3) is 1.00. The van der Waals surface area contributed by atoms with Gasteiger partial charge in [0, 0.05) is 6.54 Å². The van der Waals surface area contributed by atoms with Gasteiger partial charge in [0.05, 0.1) is 0 Å². The molecule has 0 spiro atoms. The van der Waals surface area contributed by atoms with Crippen LogP contribution in [0, 0.1) is 11.3 Å². The summed E-state index contributed by atoms with van der Waals surface area (Å²) in [5, 5.41) is 3.49. The van der Waals surface area contributed by atoms with Crippen molar-refractivity contribution in [3.63, 3.8) is 0 Å². The predicted octanol–water partition coefficient (Wildman–Crippen LogP) is 2.89. The summed E-state index contributed by atoms with van der Waals surface area (Å²) in [6, 6.07) is 0. The highest BCUT2D eigenvalue weighted by molar-refractivity contribution is 4.84. The van der Waals surface area contributed by atoms with Crippen LogP contribution >= 0.6 is 0 Å². The van der Waals surface area contributed by atoms with Gasteiger partial charge < -0.3 is 10.2 Å². The van der Waals surface area contributed by atoms with Crippen LogP contribution in [0.25, 0.3) is 0 Å². The van der Waals surface area contributed by atoms with Gasteiger partial charge in [0.15, 0.2) is 0 Å². The van der Waals surface area contributed by atoms with Crippen molar-refractivity contribution in [2.75, 3.05) is 32.7 Å². The van der Waals surface area contributed by atoms with Gasteiger partial charge in [-0.1, -0.05) is 20.3 Å². The zero-order valence-corrected chi connectivity index (χ0v) is 11.8. The lowest BCUT2D eigenvalue weighted by Gasteiger charge is -2.38. The third-order valence-corrected chi connectivity index (χ3v) is 4.93. The van der Waals surface area contributed by atoms with Crippen LogP contribution in [0.3, 0.4) is 0 Å². The van der Waals surface area contributed by atoms with E-state index in [4.69, 9.17) is 0 Å². The summed E-state index contributed by atoms with van der Waals surface area (Å²) in [5.41, 5.74) is 0.581. The lowest BCUT2D eigenvalue weighted by molar-refractivity contribution is 0.130. The molecule has 1 unspecified atom stereocenters. The summed E-state index contributed by atoms with van der Waals surface area (Å²) in [4.78, 5) is 2.75. The van der Waals surface area contributed by atoms with Gasteiger partial charge in [-0.05, 0) is 69.6 Å². The first-order valence-corrected chi connectivity index (χ1v) is 7.65. The molecule has 2 saturated heterocycles. The first kappa shape index (κ1) is 13.4. The van der Waals surface area contributed by atoms with E-state index in [-0.39, 0.29) is 0 Å². The lowest BCUT2D eigenvalue weighted by Crippen LogP contribution is -2.43. The van der Waals surface area contributed by atoms with E-state index in [0.717, 1.165) is 5.92 Å². The van der Waals surface area contributed by atoms with Crippen LogP contribution in [0.15, 0.2) is 0 Å². The molecule has 2 heteroatoms. The number of hydrogen-bond acceptors (Lipinski definition) is 2. The molecule has 2 fully saturated rings. The smallest absolute Gasteiger partial charge is 0.00363 e. The van der Waals surface area contributed by atoms with Crippen LogP contribution in [0.2, 0.25) is 0 Å². The van der Waals surface area contributed by atoms with Crippen molar-refractivity contribution in [3.05, 3.63) is 0 Å². The Hall–Kier alpha value is -0.0800. The number of rotatable bonds is 3. The molecule has 17 heavy (non-hydrogen) atoms. The first-order valence-electron chi connectivity index (χ1n) is 7.65. The van der Waals surface area contributed by atoms with Gasteiger partial charge in [-0.2, -0.15) is 0 Å². The van der Waals surface area contributed by atoms with Crippen LogP contribution in [0.5, 0.6) is 0 Å². The molecule has 2 aliphatic rings. The molecule has 2 heterocycles. The Morgan fingerprint density at radius 2 is 1.94 bits per heavy atom. The third-order valence-electron chi connectivity index (χ3n) is 4.93. The van der Waals surface area contributed by atoms with Crippen LogP contribution < -0.4 is 5.32 Å². The molecule has 0 saturated carbocycles. The number of likely N-dealkylation sites (tertiary alicyclic amines) is 1. The maximum atomic E-state index is 3.49. The summed E-state index contributed by atoms with van der Waals surface area (Å²) in [6.07, 6.45) is 8.43. The Balaban J connectivity index is 1.81. The van der Waals surface area contributed by atoms with Gasteiger partial charge in [0.2, 0.25) is 0 Å². The fourth-order valence-electron chi connectivity index (χ4n) is 3.52. The van der Waals surface area contributed by atoms with E-state index in [0.29, 0.717) is 5.41 Å². The highest BCUT2D eigenvalue weighted by atomic mass is 15.1. The largest absolute Gasteiger partial charge is 0.317 e. The topological polar surface area (TPSA) is 15.3 Å². The van der Waals surface area contributed by atoms with Crippen LogP contribution in [0.1, 0.15) is 52.4 Å². The number of nitrogens with zero attached hydrogens (tertiary/aromatic N) is 1. The minimum absolute atomic E-state index is 0.581. The molecule has 100 valence electrons. The maximum absolute atomic E-state index is 3.49. The van der Waals surface area contributed by atoms with Crippen molar-refractivity contribution < 1.29 is 0 Å². The average molecular weight is 238 g/mol. The van der Waals surface area contributed by atoms with E-state index in [9.17, 15) is 0 Å². The van der Waals surface area contributed by atoms with Crippen molar-refractivity contribution >= 4 is 0 Å². The molecule has 0 aromatic heterocycles. The van der Waals surface area contributed by atoms with Crippen molar-refractivity contribution in [2.45, 2.75) is 52.4 Å². The van der Waals surface area contributed by atoms with Crippen molar-refractivity contribution in [1.82, 2.24) is 10.2 Å². The highest BCUT2D eigenvalue weighted by Crippen LogP contribution is 2.30. The fourth-order valence-corrected chi connectivity index (χ4v) is 3.52. The van der Waals surface area contributed by atoms with Gasteiger partial charge in [0.1, 0.15) is 0 Å². The second-order valence-electron chi connectivity index (χ2n) is 6.54. The molecule has 0 bridgehead atoms. The zero-order chi connectivity index (χ0) is 12.1. The second-order valence-corrected chi connectivity index (χ2v) is 6.54. The molecule has 0 amide bonds. The standard InChI is InChI=1S/C15H30N2/c1-3-14-5-4-11-17(12-6-14)13-15(2)7-9-16-10-8-15/h14,16H,3-13H2,1-2H3. The molecular weight excluding hydrogens is 208 g/mol. The van der Waals surface area contributed by atoms with Crippen LogP contribution in [-0.4, -0.2) is 37.6 Å². The SMILES string of the molecule is CCC1CCCN(CC2(C)CCNCC2)CC1. The normalized spacial score (nSPS) is 31.1. The molecule has 1 N–H and O–H groups in total. The molecule has 0 aromatic carbocycles. The monoisotopic (exact) mass is 238 g/mol. The van der Waals surface area contributed by atoms with E-state index >= 15 is 0 Å². The molecule has 0 aliphatic carbocycles. The molecule has 1 atom stereocenters. The molecule has 0 radical (unpaired) electrons. The van der Waals surface area contributed by atoms with Gasteiger partial charge in [-0.25, -0.2) is 0 Å². The number of hydrogen-bond donors (Lipinski definition) is 1. The van der Waals surface area contributed by atoms with E-state index in [1.54, 1.807) is 0 Å². The molecule has 0 aromatic rings. The highest BCUT2D eigenvalue weighted by Gasteiger charge is 2.29. The summed E-state index contributed by atoms with van der Waals surface area (Å²) >= 11 is 0. The van der Waals surface area contributed by atoms with E-state index < -0.39 is 0 Å². The Labute approximate surface area is 107 Å². The zero-order valence-electron chi connectivity index (χ0n) is 11.8. The first-order chi connectivity index (χ1) is 8.22. The minimum Gasteiger partial charge on any atom is -0.317 e. The maximum Gasteiger partial charge on any atom is 0.00363 e. The molecule has 2 nitrogen and oxygen atoms in total. The van der Waals surface area contributed by atoms with Crippen LogP contribution in [0.4, 0.5) is 0 Å². The van der Waals surface area contributed by atoms with E-state index in [2.05, 4.69) is 24.1 Å². The molecule has 2 rings (SSSR count). The van der Waals surface area contributed by atoms with Crippen molar-refractivity contribution in [1.29, 1.82) is 0 Å². The minimum atomic E-state index is 0.581. The molecule has 2 aliphatic heterocycles. The average Bonchev–Trinajstić information content (AvgIpc) is 2.55. The summed E-state index contributed by atoms with van der Waals surface area (Å²) < 4.78 is 0. The van der Waals surface area contributed by atoms with Gasteiger partial charge in [0.25, 0.3) is 0 Å². The Bertz CT molecular complexity index is 221. The Morgan fingerprint density at radius 1 is 1.18 bits per heavy atom. The van der Waals surface area contributed by atoms with Gasteiger partial charge >= 0.3 is 0 Å². The summed E-state index contributed by atoms with van der Waals surface area (Å²) in [6.45, 7) is 11.3. The van der Waals surface area contributed by atoms with Gasteiger partial charge in [-0.15, -0.1) is 0 Å². The Morgan fingerprint density at radius 3 is 2.65 bits per heavy atom. The number of nitrogens with one attached hydrogen (secondary N) is 1. The van der Waals surface area contributed by atoms with Gasteiger partial charge in [-0.3, -0.25) is 0 Å². The molecular formula is C15H30N2. The lowest BCUT2D eigenvalue weighted by atomic mass is 9.80. The van der Waals surface area contributed by atoms with Crippen molar-refractivity contribution in [3.8, 4) is 0 Å². The summed E-state index contributed by atoms with van der Waals surface area (Å²) in [7, 11) is 0. The van der Waals surface area contributed by atoms with Crippen LogP contribution in [-0.2, 0) is 0 Å².